The Hall–Kier alpha value is -2.98. The van der Waals surface area contributed by atoms with Crippen molar-refractivity contribution in [3.63, 3.8) is 0 Å². The molecule has 0 heterocycles. The molecule has 0 aliphatic carbocycles. The summed E-state index contributed by atoms with van der Waals surface area (Å²) in [5, 5.41) is 10.6. The molecule has 17 nitrogen and oxygen atoms in total. The summed E-state index contributed by atoms with van der Waals surface area (Å²) in [6.45, 7) is 4.86. The predicted octanol–water partition coefficient (Wildman–Crippen LogP) is 22.1. The van der Waals surface area contributed by atoms with Gasteiger partial charge in [0.25, 0.3) is 0 Å². The fraction of sp³-hybridized carbons (Fsp3) is 0.844. The topological polar surface area (TPSA) is 237 Å². The average molecular weight is 1400 g/mol. The lowest BCUT2D eigenvalue weighted by molar-refractivity contribution is -0.161. The van der Waals surface area contributed by atoms with E-state index in [9.17, 15) is 43.2 Å². The molecule has 0 radical (unpaired) electrons. The highest BCUT2D eigenvalue weighted by atomic mass is 31.2. The van der Waals surface area contributed by atoms with E-state index in [2.05, 4.69) is 76.3 Å². The van der Waals surface area contributed by atoms with Crippen molar-refractivity contribution in [3.05, 3.63) is 48.6 Å². The van der Waals surface area contributed by atoms with Gasteiger partial charge in [0, 0.05) is 25.7 Å². The van der Waals surface area contributed by atoms with Crippen LogP contribution in [0.5, 0.6) is 0 Å². The van der Waals surface area contributed by atoms with Crippen LogP contribution in [0.4, 0.5) is 0 Å². The van der Waals surface area contributed by atoms with E-state index in [1.54, 1.807) is 0 Å². The van der Waals surface area contributed by atoms with Gasteiger partial charge in [-0.15, -0.1) is 0 Å². The largest absolute Gasteiger partial charge is 0.472 e. The number of hydrogen-bond donors (Lipinski definition) is 3. The van der Waals surface area contributed by atoms with Gasteiger partial charge in [0.2, 0.25) is 0 Å². The van der Waals surface area contributed by atoms with E-state index in [1.165, 1.54) is 135 Å². The maximum Gasteiger partial charge on any atom is 0.472 e. The quantitative estimate of drug-likeness (QED) is 0.0169. The third kappa shape index (κ3) is 69.5. The monoisotopic (exact) mass is 1400 g/mol. The molecular formula is C77H142O17P2. The van der Waals surface area contributed by atoms with Gasteiger partial charge in [0.05, 0.1) is 26.4 Å². The molecule has 19 heteroatoms. The van der Waals surface area contributed by atoms with Crippen molar-refractivity contribution in [2.75, 3.05) is 39.6 Å². The molecule has 0 aromatic carbocycles. The first-order valence-electron chi connectivity index (χ1n) is 38.9. The summed E-state index contributed by atoms with van der Waals surface area (Å²) in [4.78, 5) is 72.8. The molecule has 2 unspecified atom stereocenters. The number of phosphoric acid groups is 2. The van der Waals surface area contributed by atoms with Gasteiger partial charge in [-0.25, -0.2) is 9.13 Å². The normalized spacial score (nSPS) is 14.2. The Kier molecular flexibility index (Phi) is 68.3. The van der Waals surface area contributed by atoms with Crippen molar-refractivity contribution >= 4 is 39.5 Å². The van der Waals surface area contributed by atoms with Crippen LogP contribution in [0.15, 0.2) is 48.6 Å². The molecule has 5 atom stereocenters. The van der Waals surface area contributed by atoms with Crippen LogP contribution in [0.2, 0.25) is 0 Å². The highest BCUT2D eigenvalue weighted by molar-refractivity contribution is 7.47. The van der Waals surface area contributed by atoms with Crippen molar-refractivity contribution in [2.24, 2.45) is 0 Å². The van der Waals surface area contributed by atoms with Crippen LogP contribution in [-0.2, 0) is 65.4 Å². The predicted molar refractivity (Wildman–Crippen MR) is 390 cm³/mol. The maximum atomic E-state index is 13.1. The zero-order chi connectivity index (χ0) is 70.4. The number of aliphatic hydroxyl groups is 1. The van der Waals surface area contributed by atoms with Gasteiger partial charge in [-0.05, 0) is 109 Å². The Labute approximate surface area is 585 Å². The van der Waals surface area contributed by atoms with Gasteiger partial charge in [0.1, 0.15) is 19.3 Å². The minimum atomic E-state index is -4.97. The summed E-state index contributed by atoms with van der Waals surface area (Å²) in [5.74, 6) is -2.17. The summed E-state index contributed by atoms with van der Waals surface area (Å²) in [6, 6.07) is 0. The minimum Gasteiger partial charge on any atom is -0.462 e. The Morgan fingerprint density at radius 3 is 0.812 bits per heavy atom. The van der Waals surface area contributed by atoms with Crippen LogP contribution < -0.4 is 0 Å². The number of allylic oxidation sites excluding steroid dienone is 8. The van der Waals surface area contributed by atoms with E-state index in [1.807, 2.05) is 0 Å². The molecule has 0 bridgehead atoms. The molecule has 0 spiro atoms. The van der Waals surface area contributed by atoms with E-state index >= 15 is 0 Å². The highest BCUT2D eigenvalue weighted by Crippen LogP contribution is 2.45. The molecule has 96 heavy (non-hydrogen) atoms. The summed E-state index contributed by atoms with van der Waals surface area (Å²) < 4.78 is 68.5. The summed E-state index contributed by atoms with van der Waals surface area (Å²) in [7, 11) is -9.94. The maximum absolute atomic E-state index is 13.1. The summed E-state index contributed by atoms with van der Waals surface area (Å²) in [6.07, 6.45) is 66.6. The molecule has 0 rings (SSSR count). The second-order valence-corrected chi connectivity index (χ2v) is 29.2. The van der Waals surface area contributed by atoms with Crippen molar-refractivity contribution < 1.29 is 80.2 Å². The second-order valence-electron chi connectivity index (χ2n) is 26.3. The van der Waals surface area contributed by atoms with Gasteiger partial charge < -0.3 is 33.8 Å². The first-order valence-corrected chi connectivity index (χ1v) is 41.9. The number of esters is 4. The molecule has 0 aliphatic rings. The molecule has 0 saturated heterocycles. The van der Waals surface area contributed by atoms with Crippen LogP contribution in [0.25, 0.3) is 0 Å². The summed E-state index contributed by atoms with van der Waals surface area (Å²) >= 11 is 0. The zero-order valence-electron chi connectivity index (χ0n) is 61.3. The number of ether oxygens (including phenoxy) is 4. The van der Waals surface area contributed by atoms with Gasteiger partial charge in [0.15, 0.2) is 12.2 Å². The average Bonchev–Trinajstić information content (AvgIpc) is 1.43. The van der Waals surface area contributed by atoms with E-state index < -0.39 is 97.5 Å². The number of hydrogen-bond acceptors (Lipinski definition) is 15. The Balaban J connectivity index is 5.33. The molecule has 3 N–H and O–H groups in total. The van der Waals surface area contributed by atoms with Crippen molar-refractivity contribution in [1.82, 2.24) is 0 Å². The summed E-state index contributed by atoms with van der Waals surface area (Å²) in [5.41, 5.74) is 0. The number of carbonyl (C=O) groups excluding carboxylic acids is 4. The molecule has 0 saturated carbocycles. The molecule has 0 fully saturated rings. The minimum absolute atomic E-state index is 0.0821. The standard InChI is InChI=1S/C77H142O17P2/c1-5-9-13-17-21-25-29-33-35-39-42-46-50-54-58-62-75(80)88-68-73(94-77(82)64-60-56-52-48-44-40-36-34-30-26-22-18-14-10-6-2)70-92-96(85,86)90-66-71(78)65-89-95(83,84)91-69-72(93-76(81)63-59-55-51-47-43-38-32-28-24-20-16-12-8-4)67-87-74(79)61-57-53-49-45-41-37-31-27-23-19-15-11-7-3/h22,26-27,31,33-36,71-73,78H,5-21,23-25,28-30,32,37-70H2,1-4H3,(H,83,84)(H,85,86)/b26-22-,31-27-,35-33-,36-34-/t71-,72-,73-/m1/s1. The molecule has 0 aromatic rings. The Morgan fingerprint density at radius 1 is 0.292 bits per heavy atom. The third-order valence-electron chi connectivity index (χ3n) is 16.8. The molecule has 562 valence electrons. The van der Waals surface area contributed by atoms with Gasteiger partial charge in [-0.3, -0.25) is 37.3 Å². The molecule has 0 aliphatic heterocycles. The Bertz CT molecular complexity index is 2010. The first-order chi connectivity index (χ1) is 46.7. The first kappa shape index (κ1) is 93.0. The number of unbranched alkanes of at least 4 members (excludes halogenated alkanes) is 40. The van der Waals surface area contributed by atoms with Gasteiger partial charge >= 0.3 is 39.5 Å². The van der Waals surface area contributed by atoms with Crippen LogP contribution >= 0.6 is 15.6 Å². The van der Waals surface area contributed by atoms with Crippen molar-refractivity contribution in [1.29, 1.82) is 0 Å². The highest BCUT2D eigenvalue weighted by Gasteiger charge is 2.30. The number of aliphatic hydroxyl groups excluding tert-OH is 1. The van der Waals surface area contributed by atoms with Gasteiger partial charge in [-0.2, -0.15) is 0 Å². The van der Waals surface area contributed by atoms with Crippen molar-refractivity contribution in [2.45, 2.75) is 380 Å². The van der Waals surface area contributed by atoms with Crippen LogP contribution in [0.1, 0.15) is 362 Å². The fourth-order valence-electron chi connectivity index (χ4n) is 10.8. The SMILES string of the molecule is CCCCC/C=C\C/C=C\CCCCCCCC(=O)O[C@H](COC(=O)CCCCCCC/C=C\CCCCCCCC)COP(=O)(O)OC[C@H](O)COP(=O)(O)OC[C@@H](COC(=O)CCCCCCC/C=C\CCCCCC)OC(=O)CCCCCCCCCCCCCCC. The zero-order valence-corrected chi connectivity index (χ0v) is 63.1. The van der Waals surface area contributed by atoms with Crippen LogP contribution in [-0.4, -0.2) is 96.7 Å². The van der Waals surface area contributed by atoms with Crippen LogP contribution in [0.3, 0.4) is 0 Å². The molecule has 0 amide bonds. The Morgan fingerprint density at radius 2 is 0.510 bits per heavy atom. The smallest absolute Gasteiger partial charge is 0.462 e. The number of carbonyl (C=O) groups is 4. The van der Waals surface area contributed by atoms with E-state index in [-0.39, 0.29) is 25.7 Å². The lowest BCUT2D eigenvalue weighted by atomic mass is 10.0. The number of rotatable bonds is 74. The lowest BCUT2D eigenvalue weighted by Gasteiger charge is -2.21. The van der Waals surface area contributed by atoms with Crippen LogP contribution in [0, 0.1) is 0 Å². The van der Waals surface area contributed by atoms with E-state index in [0.717, 1.165) is 148 Å². The number of phosphoric ester groups is 2. The molecule has 0 aromatic heterocycles. The molecular weight excluding hydrogens is 1260 g/mol. The van der Waals surface area contributed by atoms with Crippen molar-refractivity contribution in [3.8, 4) is 0 Å². The van der Waals surface area contributed by atoms with E-state index in [4.69, 9.17) is 37.0 Å². The lowest BCUT2D eigenvalue weighted by Crippen LogP contribution is -2.30. The fourth-order valence-corrected chi connectivity index (χ4v) is 12.3. The van der Waals surface area contributed by atoms with E-state index in [0.29, 0.717) is 25.7 Å². The third-order valence-corrected chi connectivity index (χ3v) is 18.7. The second kappa shape index (κ2) is 70.5. The van der Waals surface area contributed by atoms with Gasteiger partial charge in [-0.1, -0.05) is 275 Å².